The number of pyridine rings is 1. The first-order chi connectivity index (χ1) is 13.6. The van der Waals surface area contributed by atoms with Gasteiger partial charge in [-0.2, -0.15) is 0 Å². The van der Waals surface area contributed by atoms with Crippen LogP contribution in [0.3, 0.4) is 0 Å². The Hall–Kier alpha value is -3.55. The fraction of sp³-hybridized carbons (Fsp3) is 0.250. The summed E-state index contributed by atoms with van der Waals surface area (Å²) in [4.78, 5) is 12.7. The highest BCUT2D eigenvalue weighted by Crippen LogP contribution is 2.28. The third-order valence-electron chi connectivity index (χ3n) is 4.20. The van der Waals surface area contributed by atoms with E-state index in [4.69, 9.17) is 15.2 Å². The molecule has 0 radical (unpaired) electrons. The summed E-state index contributed by atoms with van der Waals surface area (Å²) in [6.07, 6.45) is 4.01. The zero-order chi connectivity index (χ0) is 19.9. The number of nitrogens with two attached hydrogens (primary N) is 1. The topological polar surface area (TPSA) is 107 Å². The smallest absolute Gasteiger partial charge is 0.160 e. The lowest BCUT2D eigenvalue weighted by Gasteiger charge is -2.13. The molecule has 0 spiro atoms. The normalized spacial score (nSPS) is 10.4. The summed E-state index contributed by atoms with van der Waals surface area (Å²) in [5.74, 6) is 3.18. The van der Waals surface area contributed by atoms with Crippen LogP contribution in [0, 0.1) is 6.92 Å². The van der Waals surface area contributed by atoms with Crippen LogP contribution in [0.15, 0.2) is 42.9 Å². The number of ether oxygens (including phenoxy) is 2. The minimum absolute atomic E-state index is 0.442. The van der Waals surface area contributed by atoms with E-state index in [9.17, 15) is 0 Å². The van der Waals surface area contributed by atoms with Crippen molar-refractivity contribution in [1.82, 2.24) is 15.0 Å². The average Bonchev–Trinajstić information content (AvgIpc) is 2.72. The number of hydrogen-bond donors (Lipinski definition) is 3. The lowest BCUT2D eigenvalue weighted by Crippen LogP contribution is -2.11. The van der Waals surface area contributed by atoms with E-state index < -0.39 is 0 Å². The van der Waals surface area contributed by atoms with Crippen LogP contribution >= 0.6 is 0 Å². The summed E-state index contributed by atoms with van der Waals surface area (Å²) in [7, 11) is 3.24. The first-order valence-corrected chi connectivity index (χ1v) is 8.85. The second-order valence-electron chi connectivity index (χ2n) is 6.20. The van der Waals surface area contributed by atoms with Gasteiger partial charge in [-0.05, 0) is 42.7 Å². The fourth-order valence-electron chi connectivity index (χ4n) is 2.66. The number of nitrogen functional groups attached to an aromatic ring is 1. The first kappa shape index (κ1) is 19.2. The number of anilines is 4. The van der Waals surface area contributed by atoms with Crippen molar-refractivity contribution in [3.05, 3.63) is 54.0 Å². The lowest BCUT2D eigenvalue weighted by atomic mass is 10.1. The third kappa shape index (κ3) is 4.59. The van der Waals surface area contributed by atoms with Crippen molar-refractivity contribution in [2.75, 3.05) is 37.1 Å². The Kier molecular flexibility index (Phi) is 6.11. The van der Waals surface area contributed by atoms with Gasteiger partial charge in [-0.3, -0.25) is 0 Å². The van der Waals surface area contributed by atoms with Gasteiger partial charge in [0.05, 0.1) is 14.2 Å². The van der Waals surface area contributed by atoms with Gasteiger partial charge in [-0.1, -0.05) is 12.1 Å². The van der Waals surface area contributed by atoms with E-state index in [2.05, 4.69) is 25.6 Å². The van der Waals surface area contributed by atoms with Crippen molar-refractivity contribution in [3.8, 4) is 11.5 Å². The molecule has 0 unspecified atom stereocenters. The number of aryl methyl sites for hydroxylation is 1. The molecule has 146 valence electrons. The average molecular weight is 380 g/mol. The van der Waals surface area contributed by atoms with Crippen LogP contribution in [0.2, 0.25) is 0 Å². The Morgan fingerprint density at radius 3 is 2.46 bits per heavy atom. The standard InChI is InChI=1S/C20H24N6O2/c1-13-4-7-17(23-11-13)26-20-18(21)19(24-12-25-20)22-9-8-14-5-6-15(27-2)16(10-14)28-3/h4-7,10-12H,8-9,21H2,1-3H3,(H2,22,23,24,25,26). The van der Waals surface area contributed by atoms with Crippen LogP contribution in [0.1, 0.15) is 11.1 Å². The first-order valence-electron chi connectivity index (χ1n) is 8.85. The fourth-order valence-corrected chi connectivity index (χ4v) is 2.66. The molecule has 2 aromatic heterocycles. The molecule has 0 aliphatic heterocycles. The van der Waals surface area contributed by atoms with Gasteiger partial charge in [0.2, 0.25) is 0 Å². The molecule has 3 aromatic rings. The Balaban J connectivity index is 1.64. The highest BCUT2D eigenvalue weighted by atomic mass is 16.5. The van der Waals surface area contributed by atoms with Crippen LogP contribution in [-0.2, 0) is 6.42 Å². The molecule has 0 bridgehead atoms. The third-order valence-corrected chi connectivity index (χ3v) is 4.20. The Bertz CT molecular complexity index is 930. The maximum absolute atomic E-state index is 6.21. The quantitative estimate of drug-likeness (QED) is 0.547. The molecule has 3 rings (SSSR count). The van der Waals surface area contributed by atoms with Gasteiger partial charge in [-0.15, -0.1) is 0 Å². The van der Waals surface area contributed by atoms with Crippen LogP contribution in [0.5, 0.6) is 11.5 Å². The predicted molar refractivity (Wildman–Crippen MR) is 110 cm³/mol. The zero-order valence-electron chi connectivity index (χ0n) is 16.2. The minimum Gasteiger partial charge on any atom is -0.493 e. The lowest BCUT2D eigenvalue weighted by molar-refractivity contribution is 0.354. The summed E-state index contributed by atoms with van der Waals surface area (Å²) < 4.78 is 10.6. The summed E-state index contributed by atoms with van der Waals surface area (Å²) in [6, 6.07) is 9.70. The molecule has 0 saturated heterocycles. The predicted octanol–water partition coefficient (Wildman–Crippen LogP) is 3.18. The number of methoxy groups -OCH3 is 2. The zero-order valence-corrected chi connectivity index (χ0v) is 16.2. The number of nitrogens with zero attached hydrogens (tertiary/aromatic N) is 3. The monoisotopic (exact) mass is 380 g/mol. The number of hydrogen-bond acceptors (Lipinski definition) is 8. The number of benzene rings is 1. The maximum atomic E-state index is 6.21. The van der Waals surface area contributed by atoms with Crippen molar-refractivity contribution < 1.29 is 9.47 Å². The van der Waals surface area contributed by atoms with E-state index >= 15 is 0 Å². The molecule has 0 aliphatic carbocycles. The molecular weight excluding hydrogens is 356 g/mol. The van der Waals surface area contributed by atoms with Crippen molar-refractivity contribution in [3.63, 3.8) is 0 Å². The molecule has 0 atom stereocenters. The molecule has 0 fully saturated rings. The van der Waals surface area contributed by atoms with Gasteiger partial charge in [-0.25, -0.2) is 15.0 Å². The largest absolute Gasteiger partial charge is 0.493 e. The maximum Gasteiger partial charge on any atom is 0.160 e. The highest BCUT2D eigenvalue weighted by Gasteiger charge is 2.09. The Morgan fingerprint density at radius 1 is 0.964 bits per heavy atom. The number of nitrogens with one attached hydrogen (secondary N) is 2. The van der Waals surface area contributed by atoms with Gasteiger partial charge in [0.1, 0.15) is 17.8 Å². The Morgan fingerprint density at radius 2 is 1.75 bits per heavy atom. The van der Waals surface area contributed by atoms with E-state index in [-0.39, 0.29) is 0 Å². The summed E-state index contributed by atoms with van der Waals surface area (Å²) >= 11 is 0. The van der Waals surface area contributed by atoms with Crippen LogP contribution in [-0.4, -0.2) is 35.7 Å². The summed E-state index contributed by atoms with van der Waals surface area (Å²) in [6.45, 7) is 2.63. The number of aromatic nitrogens is 3. The Labute approximate surface area is 164 Å². The van der Waals surface area contributed by atoms with Gasteiger partial charge >= 0.3 is 0 Å². The highest BCUT2D eigenvalue weighted by molar-refractivity contribution is 5.76. The van der Waals surface area contributed by atoms with Gasteiger partial charge in [0.15, 0.2) is 23.1 Å². The minimum atomic E-state index is 0.442. The molecule has 0 aliphatic rings. The molecule has 8 heteroatoms. The summed E-state index contributed by atoms with van der Waals surface area (Å²) in [5.41, 5.74) is 8.84. The molecule has 2 heterocycles. The molecule has 0 amide bonds. The van der Waals surface area contributed by atoms with E-state index in [1.807, 2.05) is 37.3 Å². The molecule has 4 N–H and O–H groups in total. The molecular formula is C20H24N6O2. The van der Waals surface area contributed by atoms with Gasteiger partial charge in [0.25, 0.3) is 0 Å². The van der Waals surface area contributed by atoms with Crippen molar-refractivity contribution in [2.45, 2.75) is 13.3 Å². The van der Waals surface area contributed by atoms with Crippen molar-refractivity contribution in [2.24, 2.45) is 0 Å². The van der Waals surface area contributed by atoms with Gasteiger partial charge in [0, 0.05) is 12.7 Å². The van der Waals surface area contributed by atoms with E-state index in [0.29, 0.717) is 41.2 Å². The second kappa shape index (κ2) is 8.90. The van der Waals surface area contributed by atoms with Crippen molar-refractivity contribution >= 4 is 23.1 Å². The van der Waals surface area contributed by atoms with Crippen LogP contribution in [0.4, 0.5) is 23.1 Å². The molecule has 8 nitrogen and oxygen atoms in total. The van der Waals surface area contributed by atoms with E-state index in [1.54, 1.807) is 20.4 Å². The second-order valence-corrected chi connectivity index (χ2v) is 6.20. The van der Waals surface area contributed by atoms with Gasteiger partial charge < -0.3 is 25.8 Å². The van der Waals surface area contributed by atoms with E-state index in [0.717, 1.165) is 17.5 Å². The van der Waals surface area contributed by atoms with Crippen molar-refractivity contribution in [1.29, 1.82) is 0 Å². The molecule has 28 heavy (non-hydrogen) atoms. The molecule has 0 saturated carbocycles. The van der Waals surface area contributed by atoms with Crippen LogP contribution in [0.25, 0.3) is 0 Å². The summed E-state index contributed by atoms with van der Waals surface area (Å²) in [5, 5.41) is 6.37. The SMILES string of the molecule is COc1ccc(CCNc2ncnc(Nc3ccc(C)cn3)c2N)cc1OC. The molecule has 1 aromatic carbocycles. The van der Waals surface area contributed by atoms with Crippen LogP contribution < -0.4 is 25.8 Å². The number of rotatable bonds is 8. The van der Waals surface area contributed by atoms with E-state index in [1.165, 1.54) is 6.33 Å².